The van der Waals surface area contributed by atoms with Gasteiger partial charge in [-0.2, -0.15) is 5.10 Å². The molecule has 0 aliphatic carbocycles. The van der Waals surface area contributed by atoms with Crippen LogP contribution < -0.4 is 10.6 Å². The van der Waals surface area contributed by atoms with Crippen molar-refractivity contribution in [2.45, 2.75) is 26.4 Å². The normalized spacial score (nSPS) is 11.5. The van der Waals surface area contributed by atoms with Gasteiger partial charge in [0.15, 0.2) is 5.96 Å². The van der Waals surface area contributed by atoms with E-state index in [1.807, 2.05) is 16.8 Å². The van der Waals surface area contributed by atoms with Crippen LogP contribution in [0.25, 0.3) is 11.1 Å². The SMILES string of the molecule is CCNC(=NCc1ccccc1-c1ccc(Cn2cncn2)cc1)NCCc1ccco1. The Morgan fingerprint density at radius 3 is 2.66 bits per heavy atom. The van der Waals surface area contributed by atoms with Crippen LogP contribution in [-0.4, -0.2) is 33.8 Å². The van der Waals surface area contributed by atoms with Gasteiger partial charge in [0.1, 0.15) is 18.4 Å². The monoisotopic (exact) mass is 428 g/mol. The largest absolute Gasteiger partial charge is 0.469 e. The minimum Gasteiger partial charge on any atom is -0.469 e. The molecule has 7 heteroatoms. The molecule has 0 aliphatic heterocycles. The Hall–Kier alpha value is -3.87. The lowest BCUT2D eigenvalue weighted by atomic mass is 9.98. The summed E-state index contributed by atoms with van der Waals surface area (Å²) in [4.78, 5) is 8.80. The van der Waals surface area contributed by atoms with E-state index < -0.39 is 0 Å². The number of aliphatic imine (C=N–C) groups is 1. The molecule has 0 bridgehead atoms. The Morgan fingerprint density at radius 1 is 1.03 bits per heavy atom. The highest BCUT2D eigenvalue weighted by Gasteiger charge is 2.06. The molecule has 0 atom stereocenters. The number of aromatic nitrogens is 3. The fourth-order valence-corrected chi connectivity index (χ4v) is 3.50. The van der Waals surface area contributed by atoms with Crippen molar-refractivity contribution in [1.82, 2.24) is 25.4 Å². The van der Waals surface area contributed by atoms with Crippen LogP contribution in [0.1, 0.15) is 23.8 Å². The van der Waals surface area contributed by atoms with Crippen molar-refractivity contribution in [3.8, 4) is 11.1 Å². The molecule has 0 aliphatic rings. The maximum absolute atomic E-state index is 5.40. The second-order valence-electron chi connectivity index (χ2n) is 7.40. The van der Waals surface area contributed by atoms with E-state index in [1.54, 1.807) is 18.9 Å². The molecular formula is C25H28N6O. The Kier molecular flexibility index (Phi) is 7.31. The van der Waals surface area contributed by atoms with Crippen molar-refractivity contribution in [2.24, 2.45) is 4.99 Å². The van der Waals surface area contributed by atoms with Gasteiger partial charge in [-0.1, -0.05) is 48.5 Å². The molecule has 0 amide bonds. The number of rotatable bonds is 9. The fourth-order valence-electron chi connectivity index (χ4n) is 3.50. The van der Waals surface area contributed by atoms with Gasteiger partial charge >= 0.3 is 0 Å². The summed E-state index contributed by atoms with van der Waals surface area (Å²) in [7, 11) is 0. The molecule has 0 radical (unpaired) electrons. The standard InChI is InChI=1S/C25H28N6O/c1-2-27-25(28-14-13-23-7-5-15-32-23)29-16-22-6-3-4-8-24(22)21-11-9-20(10-12-21)17-31-19-26-18-30-31/h3-12,15,18-19H,2,13-14,16-17H2,1H3,(H2,27,28,29). The molecule has 32 heavy (non-hydrogen) atoms. The van der Waals surface area contributed by atoms with Crippen LogP contribution in [-0.2, 0) is 19.5 Å². The zero-order chi connectivity index (χ0) is 22.0. The van der Waals surface area contributed by atoms with Crippen molar-refractivity contribution >= 4 is 5.96 Å². The van der Waals surface area contributed by atoms with E-state index in [1.165, 1.54) is 22.3 Å². The lowest BCUT2D eigenvalue weighted by molar-refractivity contribution is 0.507. The first-order valence-corrected chi connectivity index (χ1v) is 10.9. The maximum atomic E-state index is 5.40. The molecule has 0 unspecified atom stereocenters. The van der Waals surface area contributed by atoms with Crippen LogP contribution in [0, 0.1) is 0 Å². The summed E-state index contributed by atoms with van der Waals surface area (Å²) >= 11 is 0. The molecule has 7 nitrogen and oxygen atoms in total. The second kappa shape index (κ2) is 10.9. The van der Waals surface area contributed by atoms with Crippen LogP contribution >= 0.6 is 0 Å². The van der Waals surface area contributed by atoms with Crippen LogP contribution in [0.5, 0.6) is 0 Å². The van der Waals surface area contributed by atoms with Gasteiger partial charge in [0.05, 0.1) is 19.4 Å². The molecule has 4 aromatic rings. The molecule has 4 rings (SSSR count). The topological polar surface area (TPSA) is 80.3 Å². The second-order valence-corrected chi connectivity index (χ2v) is 7.40. The summed E-state index contributed by atoms with van der Waals surface area (Å²) in [5, 5.41) is 10.9. The smallest absolute Gasteiger partial charge is 0.191 e. The van der Waals surface area contributed by atoms with E-state index in [2.05, 4.69) is 76.2 Å². The summed E-state index contributed by atoms with van der Waals surface area (Å²) < 4.78 is 7.22. The molecule has 0 spiro atoms. The summed E-state index contributed by atoms with van der Waals surface area (Å²) in [5.74, 6) is 1.77. The van der Waals surface area contributed by atoms with Gasteiger partial charge in [-0.3, -0.25) is 0 Å². The van der Waals surface area contributed by atoms with Crippen molar-refractivity contribution in [1.29, 1.82) is 0 Å². The van der Waals surface area contributed by atoms with Gasteiger partial charge in [-0.15, -0.1) is 0 Å². The lowest BCUT2D eigenvalue weighted by Gasteiger charge is -2.12. The third kappa shape index (κ3) is 5.85. The van der Waals surface area contributed by atoms with Crippen LogP contribution in [0.15, 0.2) is 89.0 Å². The highest BCUT2D eigenvalue weighted by Crippen LogP contribution is 2.25. The number of furan rings is 1. The molecule has 2 aromatic heterocycles. The van der Waals surface area contributed by atoms with E-state index in [-0.39, 0.29) is 0 Å². The Balaban J connectivity index is 1.43. The lowest BCUT2D eigenvalue weighted by Crippen LogP contribution is -2.38. The van der Waals surface area contributed by atoms with E-state index in [0.717, 1.165) is 31.2 Å². The van der Waals surface area contributed by atoms with Gasteiger partial charge < -0.3 is 15.1 Å². The average molecular weight is 429 g/mol. The van der Waals surface area contributed by atoms with Gasteiger partial charge in [-0.25, -0.2) is 14.7 Å². The number of hydrogen-bond acceptors (Lipinski definition) is 4. The number of hydrogen-bond donors (Lipinski definition) is 2. The van der Waals surface area contributed by atoms with Crippen LogP contribution in [0.2, 0.25) is 0 Å². The van der Waals surface area contributed by atoms with Crippen molar-refractivity contribution in [2.75, 3.05) is 13.1 Å². The highest BCUT2D eigenvalue weighted by molar-refractivity contribution is 5.80. The minimum absolute atomic E-state index is 0.590. The third-order valence-electron chi connectivity index (χ3n) is 5.09. The van der Waals surface area contributed by atoms with Crippen molar-refractivity contribution in [3.05, 3.63) is 96.5 Å². The third-order valence-corrected chi connectivity index (χ3v) is 5.09. The summed E-state index contributed by atoms with van der Waals surface area (Å²) in [6.45, 7) is 4.93. The molecule has 2 aromatic carbocycles. The van der Waals surface area contributed by atoms with E-state index in [9.17, 15) is 0 Å². The quantitative estimate of drug-likeness (QED) is 0.312. The van der Waals surface area contributed by atoms with Crippen LogP contribution in [0.4, 0.5) is 0 Å². The molecule has 164 valence electrons. The van der Waals surface area contributed by atoms with E-state index in [4.69, 9.17) is 9.41 Å². The average Bonchev–Trinajstić information content (AvgIpc) is 3.53. The minimum atomic E-state index is 0.590. The number of guanidine groups is 1. The van der Waals surface area contributed by atoms with E-state index in [0.29, 0.717) is 13.1 Å². The van der Waals surface area contributed by atoms with Crippen molar-refractivity contribution in [3.63, 3.8) is 0 Å². The van der Waals surface area contributed by atoms with Crippen LogP contribution in [0.3, 0.4) is 0 Å². The van der Waals surface area contributed by atoms with Gasteiger partial charge in [0.2, 0.25) is 0 Å². The zero-order valence-electron chi connectivity index (χ0n) is 18.2. The van der Waals surface area contributed by atoms with Crippen molar-refractivity contribution < 1.29 is 4.42 Å². The maximum Gasteiger partial charge on any atom is 0.191 e. The predicted octanol–water partition coefficient (Wildman–Crippen LogP) is 3.88. The number of benzene rings is 2. The van der Waals surface area contributed by atoms with Gasteiger partial charge in [0, 0.05) is 19.5 Å². The molecule has 0 saturated heterocycles. The zero-order valence-corrected chi connectivity index (χ0v) is 18.2. The first-order valence-electron chi connectivity index (χ1n) is 10.9. The molecule has 2 heterocycles. The fraction of sp³-hybridized carbons (Fsp3) is 0.240. The number of nitrogens with one attached hydrogen (secondary N) is 2. The predicted molar refractivity (Wildman–Crippen MR) is 126 cm³/mol. The van der Waals surface area contributed by atoms with Gasteiger partial charge in [-0.05, 0) is 41.3 Å². The molecule has 0 saturated carbocycles. The summed E-state index contributed by atoms with van der Waals surface area (Å²) in [5.41, 5.74) is 4.73. The number of nitrogens with zero attached hydrogens (tertiary/aromatic N) is 4. The summed E-state index contributed by atoms with van der Waals surface area (Å²) in [6, 6.07) is 20.9. The highest BCUT2D eigenvalue weighted by atomic mass is 16.3. The first-order chi connectivity index (χ1) is 15.8. The van der Waals surface area contributed by atoms with E-state index >= 15 is 0 Å². The Labute approximate surface area is 188 Å². The summed E-state index contributed by atoms with van der Waals surface area (Å²) in [6.07, 6.45) is 5.80. The molecule has 2 N–H and O–H groups in total. The molecule has 0 fully saturated rings. The first kappa shape index (κ1) is 21.4. The van der Waals surface area contributed by atoms with Gasteiger partial charge in [0.25, 0.3) is 0 Å². The molecular weight excluding hydrogens is 400 g/mol. The Morgan fingerprint density at radius 2 is 1.91 bits per heavy atom. The Bertz CT molecular complexity index is 1100.